The van der Waals surface area contributed by atoms with Crippen LogP contribution in [-0.4, -0.2) is 11.5 Å². The molecule has 0 radical (unpaired) electrons. The van der Waals surface area contributed by atoms with Gasteiger partial charge in [0.15, 0.2) is 0 Å². The molecule has 1 aromatic heterocycles. The zero-order valence-corrected chi connectivity index (χ0v) is 11.0. The van der Waals surface area contributed by atoms with Gasteiger partial charge in [-0.05, 0) is 24.1 Å². The fourth-order valence-electron chi connectivity index (χ4n) is 2.02. The molecule has 0 aliphatic heterocycles. The molecule has 3 nitrogen and oxygen atoms in total. The first-order chi connectivity index (χ1) is 9.33. The Balaban J connectivity index is 1.98. The number of aromatic nitrogens is 1. The van der Waals surface area contributed by atoms with Crippen molar-refractivity contribution in [3.05, 3.63) is 59.8 Å². The Morgan fingerprint density at radius 3 is 2.58 bits per heavy atom. The number of nitrogens with zero attached hydrogens (tertiary/aromatic N) is 2. The molecule has 1 heterocycles. The largest absolute Gasteiger partial charge is 0.369 e. The predicted molar refractivity (Wildman–Crippen MR) is 76.9 cm³/mol. The molecule has 0 amide bonds. The average molecular weight is 251 g/mol. The summed E-state index contributed by atoms with van der Waals surface area (Å²) in [6.07, 6.45) is 2.67. The van der Waals surface area contributed by atoms with Crippen LogP contribution < -0.4 is 5.32 Å². The lowest BCUT2D eigenvalue weighted by Crippen LogP contribution is -2.12. The maximum absolute atomic E-state index is 8.72. The van der Waals surface area contributed by atoms with Gasteiger partial charge in [-0.2, -0.15) is 5.26 Å². The Kier molecular flexibility index (Phi) is 4.52. The van der Waals surface area contributed by atoms with Crippen LogP contribution in [0.25, 0.3) is 0 Å². The average Bonchev–Trinajstić information content (AvgIpc) is 2.49. The third-order valence-electron chi connectivity index (χ3n) is 3.19. The molecule has 0 saturated heterocycles. The summed E-state index contributed by atoms with van der Waals surface area (Å²) in [5.41, 5.74) is 1.92. The van der Waals surface area contributed by atoms with E-state index in [9.17, 15) is 0 Å². The third-order valence-corrected chi connectivity index (χ3v) is 3.19. The van der Waals surface area contributed by atoms with E-state index in [1.165, 1.54) is 5.56 Å². The second-order valence-corrected chi connectivity index (χ2v) is 4.44. The molecular weight excluding hydrogens is 234 g/mol. The molecule has 0 bridgehead atoms. The summed E-state index contributed by atoms with van der Waals surface area (Å²) in [4.78, 5) is 4.22. The Morgan fingerprint density at radius 1 is 1.21 bits per heavy atom. The Morgan fingerprint density at radius 2 is 2.00 bits per heavy atom. The van der Waals surface area contributed by atoms with E-state index in [2.05, 4.69) is 47.6 Å². The molecule has 1 N–H and O–H groups in total. The van der Waals surface area contributed by atoms with Crippen LogP contribution in [0.15, 0.2) is 48.7 Å². The van der Waals surface area contributed by atoms with Crippen LogP contribution in [0.1, 0.15) is 30.4 Å². The molecule has 0 saturated carbocycles. The molecule has 1 atom stereocenters. The van der Waals surface area contributed by atoms with Crippen molar-refractivity contribution >= 4 is 5.82 Å². The van der Waals surface area contributed by atoms with Gasteiger partial charge in [0.2, 0.25) is 0 Å². The van der Waals surface area contributed by atoms with E-state index in [1.807, 2.05) is 12.1 Å². The minimum absolute atomic E-state index is 0.471. The molecule has 2 aromatic rings. The van der Waals surface area contributed by atoms with Crippen LogP contribution >= 0.6 is 0 Å². The predicted octanol–water partition coefficient (Wildman–Crippen LogP) is 3.56. The van der Waals surface area contributed by atoms with Crippen LogP contribution in [0.2, 0.25) is 0 Å². The molecule has 3 heteroatoms. The second-order valence-electron chi connectivity index (χ2n) is 4.44. The fraction of sp³-hybridized carbons (Fsp3) is 0.250. The van der Waals surface area contributed by atoms with Gasteiger partial charge in [-0.1, -0.05) is 37.3 Å². The van der Waals surface area contributed by atoms with Crippen molar-refractivity contribution in [1.29, 1.82) is 5.26 Å². The number of benzene rings is 1. The van der Waals surface area contributed by atoms with Gasteiger partial charge in [0, 0.05) is 18.7 Å². The van der Waals surface area contributed by atoms with Crippen molar-refractivity contribution in [2.45, 2.75) is 19.3 Å². The molecule has 19 heavy (non-hydrogen) atoms. The van der Waals surface area contributed by atoms with Gasteiger partial charge in [-0.25, -0.2) is 4.98 Å². The zero-order valence-electron chi connectivity index (χ0n) is 11.0. The monoisotopic (exact) mass is 251 g/mol. The van der Waals surface area contributed by atoms with Gasteiger partial charge in [0.05, 0.1) is 5.56 Å². The first kappa shape index (κ1) is 13.1. The van der Waals surface area contributed by atoms with Gasteiger partial charge in [-0.15, -0.1) is 0 Å². The van der Waals surface area contributed by atoms with E-state index in [1.54, 1.807) is 12.3 Å². The lowest BCUT2D eigenvalue weighted by Gasteiger charge is -2.16. The van der Waals surface area contributed by atoms with Gasteiger partial charge in [-0.3, -0.25) is 0 Å². The first-order valence-electron chi connectivity index (χ1n) is 6.48. The van der Waals surface area contributed by atoms with Crippen LogP contribution in [0.4, 0.5) is 5.82 Å². The first-order valence-corrected chi connectivity index (χ1v) is 6.48. The lowest BCUT2D eigenvalue weighted by atomic mass is 9.96. The van der Waals surface area contributed by atoms with Gasteiger partial charge in [0.25, 0.3) is 0 Å². The van der Waals surface area contributed by atoms with Crippen molar-refractivity contribution in [3.63, 3.8) is 0 Å². The Bertz CT molecular complexity index is 540. The van der Waals surface area contributed by atoms with E-state index in [4.69, 9.17) is 5.26 Å². The number of hydrogen-bond donors (Lipinski definition) is 1. The zero-order chi connectivity index (χ0) is 13.5. The summed E-state index contributed by atoms with van der Waals surface area (Å²) in [6.45, 7) is 3.03. The number of hydrogen-bond acceptors (Lipinski definition) is 3. The third kappa shape index (κ3) is 3.56. The molecule has 96 valence electrons. The van der Waals surface area contributed by atoms with Crippen LogP contribution in [0.3, 0.4) is 0 Å². The molecule has 1 unspecified atom stereocenters. The van der Waals surface area contributed by atoms with Crippen LogP contribution in [-0.2, 0) is 0 Å². The minimum atomic E-state index is 0.471. The minimum Gasteiger partial charge on any atom is -0.369 e. The molecule has 2 rings (SSSR count). The van der Waals surface area contributed by atoms with E-state index in [0.717, 1.165) is 18.8 Å². The van der Waals surface area contributed by atoms with Gasteiger partial charge < -0.3 is 5.32 Å². The molecule has 0 fully saturated rings. The van der Waals surface area contributed by atoms with Crippen molar-refractivity contribution in [2.75, 3.05) is 11.9 Å². The van der Waals surface area contributed by atoms with Gasteiger partial charge >= 0.3 is 0 Å². The van der Waals surface area contributed by atoms with Crippen molar-refractivity contribution in [1.82, 2.24) is 4.98 Å². The topological polar surface area (TPSA) is 48.7 Å². The van der Waals surface area contributed by atoms with Crippen molar-refractivity contribution in [3.8, 4) is 6.07 Å². The van der Waals surface area contributed by atoms with E-state index in [-0.39, 0.29) is 0 Å². The number of nitrogens with one attached hydrogen (secondary N) is 1. The van der Waals surface area contributed by atoms with Crippen LogP contribution in [0.5, 0.6) is 0 Å². The number of nitriles is 1. The highest BCUT2D eigenvalue weighted by Gasteiger charge is 2.08. The molecule has 0 aliphatic carbocycles. The maximum atomic E-state index is 8.72. The summed E-state index contributed by atoms with van der Waals surface area (Å²) in [6, 6.07) is 16.2. The molecular formula is C16H17N3. The lowest BCUT2D eigenvalue weighted by molar-refractivity contribution is 0.693. The summed E-state index contributed by atoms with van der Waals surface area (Å²) in [5.74, 6) is 1.28. The summed E-state index contributed by atoms with van der Waals surface area (Å²) >= 11 is 0. The molecule has 1 aromatic carbocycles. The fourth-order valence-corrected chi connectivity index (χ4v) is 2.02. The maximum Gasteiger partial charge on any atom is 0.125 e. The van der Waals surface area contributed by atoms with Crippen molar-refractivity contribution < 1.29 is 0 Å². The highest BCUT2D eigenvalue weighted by Crippen LogP contribution is 2.19. The quantitative estimate of drug-likeness (QED) is 0.884. The molecule has 0 spiro atoms. The normalized spacial score (nSPS) is 11.6. The highest BCUT2D eigenvalue weighted by molar-refractivity contribution is 5.39. The number of pyridine rings is 1. The SMILES string of the molecule is CCC(CNc1ccc(C#N)cn1)c1ccccc1. The highest BCUT2D eigenvalue weighted by atomic mass is 15.0. The summed E-state index contributed by atoms with van der Waals surface area (Å²) in [7, 11) is 0. The van der Waals surface area contributed by atoms with Crippen molar-refractivity contribution in [2.24, 2.45) is 0 Å². The number of rotatable bonds is 5. The van der Waals surface area contributed by atoms with E-state index < -0.39 is 0 Å². The Hall–Kier alpha value is -2.34. The van der Waals surface area contributed by atoms with E-state index in [0.29, 0.717) is 11.5 Å². The summed E-state index contributed by atoms with van der Waals surface area (Å²) in [5, 5.41) is 12.0. The number of anilines is 1. The second kappa shape index (κ2) is 6.55. The van der Waals surface area contributed by atoms with Crippen LogP contribution in [0, 0.1) is 11.3 Å². The van der Waals surface area contributed by atoms with Gasteiger partial charge in [0.1, 0.15) is 11.9 Å². The standard InChI is InChI=1S/C16H17N3/c1-2-14(15-6-4-3-5-7-15)12-19-16-9-8-13(10-17)11-18-16/h3-9,11,14H,2,12H2,1H3,(H,18,19). The Labute approximate surface area is 113 Å². The van der Waals surface area contributed by atoms with E-state index >= 15 is 0 Å². The molecule has 0 aliphatic rings. The summed E-state index contributed by atoms with van der Waals surface area (Å²) < 4.78 is 0. The smallest absolute Gasteiger partial charge is 0.125 e.